The first-order valence-corrected chi connectivity index (χ1v) is 13.7. The lowest BCUT2D eigenvalue weighted by Crippen LogP contribution is -2.33. The van der Waals surface area contributed by atoms with Crippen molar-refractivity contribution < 1.29 is 24.9 Å². The van der Waals surface area contributed by atoms with Crippen molar-refractivity contribution in [2.45, 2.75) is 32.1 Å². The van der Waals surface area contributed by atoms with Crippen LogP contribution in [0.2, 0.25) is 0 Å². The molecule has 0 aliphatic carbocycles. The van der Waals surface area contributed by atoms with Crippen molar-refractivity contribution in [3.63, 3.8) is 0 Å². The molecule has 0 radical (unpaired) electrons. The Bertz CT molecular complexity index is 1820. The molecule has 4 N–H and O–H groups in total. The molecule has 216 valence electrons. The molecule has 0 spiro atoms. The van der Waals surface area contributed by atoms with Crippen LogP contribution in [-0.2, 0) is 11.8 Å². The van der Waals surface area contributed by atoms with Crippen LogP contribution in [-0.4, -0.2) is 63.4 Å². The summed E-state index contributed by atoms with van der Waals surface area (Å²) < 4.78 is 9.92. The molecule has 1 atom stereocenters. The van der Waals surface area contributed by atoms with Gasteiger partial charge in [0, 0.05) is 38.1 Å². The number of aliphatic hydroxyl groups is 3. The van der Waals surface area contributed by atoms with Crippen LogP contribution >= 0.6 is 0 Å². The van der Waals surface area contributed by atoms with Gasteiger partial charge >= 0.3 is 5.95 Å². The molecule has 1 saturated heterocycles. The Morgan fingerprint density at radius 3 is 2.71 bits per heavy atom. The molecule has 1 fully saturated rings. The Labute approximate surface area is 241 Å². The van der Waals surface area contributed by atoms with Gasteiger partial charge in [-0.2, -0.15) is 5.10 Å². The fraction of sp³-hybridized carbons (Fsp3) is 0.267. The van der Waals surface area contributed by atoms with E-state index in [0.29, 0.717) is 37.5 Å². The van der Waals surface area contributed by atoms with Crippen molar-refractivity contribution in [3.8, 4) is 11.5 Å². The Morgan fingerprint density at radius 1 is 1.05 bits per heavy atom. The van der Waals surface area contributed by atoms with Crippen molar-refractivity contribution in [1.29, 1.82) is 0 Å². The van der Waals surface area contributed by atoms with Gasteiger partial charge in [-0.1, -0.05) is 0 Å². The molecule has 0 bridgehead atoms. The number of carbonyl (C=O) groups excluding carboxylic acids is 1. The quantitative estimate of drug-likeness (QED) is 0.156. The van der Waals surface area contributed by atoms with Crippen LogP contribution in [0, 0.1) is 6.92 Å². The molecule has 12 nitrogen and oxygen atoms in total. The SMILES string of the molecule is Cc1cc(Nc2ncnn3ccc(C4CCCN(C(=O)C(O)=C(O)O)CC4)c23)ccc1Oc1ccc2c(c1)ncn2C. The van der Waals surface area contributed by atoms with E-state index in [1.54, 1.807) is 10.8 Å². The van der Waals surface area contributed by atoms with Crippen LogP contribution in [0.25, 0.3) is 16.6 Å². The lowest BCUT2D eigenvalue weighted by Gasteiger charge is -2.20. The number of fused-ring (bicyclic) bond motifs is 2. The van der Waals surface area contributed by atoms with Gasteiger partial charge in [-0.15, -0.1) is 0 Å². The molecular weight excluding hydrogens is 538 g/mol. The molecule has 1 amide bonds. The third-order valence-electron chi connectivity index (χ3n) is 7.72. The van der Waals surface area contributed by atoms with Gasteiger partial charge in [-0.25, -0.2) is 14.5 Å². The molecule has 5 aromatic rings. The number of aryl methyl sites for hydroxylation is 2. The fourth-order valence-corrected chi connectivity index (χ4v) is 5.54. The van der Waals surface area contributed by atoms with E-state index in [9.17, 15) is 9.90 Å². The van der Waals surface area contributed by atoms with Crippen molar-refractivity contribution in [1.82, 2.24) is 29.0 Å². The molecule has 1 aliphatic heterocycles. The molecule has 2 aromatic carbocycles. The number of imidazole rings is 1. The molecule has 0 saturated carbocycles. The number of aromatic nitrogens is 5. The molecule has 3 aromatic heterocycles. The van der Waals surface area contributed by atoms with Gasteiger partial charge < -0.3 is 34.8 Å². The summed E-state index contributed by atoms with van der Waals surface area (Å²) in [6.07, 6.45) is 7.31. The van der Waals surface area contributed by atoms with Crippen LogP contribution in [0.1, 0.15) is 36.3 Å². The van der Waals surface area contributed by atoms with Crippen molar-refractivity contribution >= 4 is 34.0 Å². The maximum absolute atomic E-state index is 12.4. The lowest BCUT2D eigenvalue weighted by molar-refractivity contribution is -0.130. The second-order valence-electron chi connectivity index (χ2n) is 10.5. The van der Waals surface area contributed by atoms with Gasteiger partial charge in [0.25, 0.3) is 11.7 Å². The summed E-state index contributed by atoms with van der Waals surface area (Å²) in [6.45, 7) is 2.76. The number of carbonyl (C=O) groups is 1. The Balaban J connectivity index is 1.21. The number of nitrogens with zero attached hydrogens (tertiary/aromatic N) is 6. The van der Waals surface area contributed by atoms with E-state index < -0.39 is 17.6 Å². The zero-order valence-electron chi connectivity index (χ0n) is 23.2. The highest BCUT2D eigenvalue weighted by molar-refractivity contribution is 5.91. The third kappa shape index (κ3) is 5.14. The van der Waals surface area contributed by atoms with Crippen LogP contribution < -0.4 is 10.1 Å². The number of rotatable bonds is 6. The number of aliphatic hydroxyl groups excluding tert-OH is 2. The van der Waals surface area contributed by atoms with Crippen LogP contribution in [0.5, 0.6) is 11.5 Å². The predicted molar refractivity (Wildman–Crippen MR) is 156 cm³/mol. The zero-order valence-corrected chi connectivity index (χ0v) is 23.2. The molecule has 1 aliphatic rings. The summed E-state index contributed by atoms with van der Waals surface area (Å²) in [6, 6.07) is 13.7. The van der Waals surface area contributed by atoms with Gasteiger partial charge in [0.2, 0.25) is 0 Å². The highest BCUT2D eigenvalue weighted by Crippen LogP contribution is 2.36. The van der Waals surface area contributed by atoms with Gasteiger partial charge in [-0.05, 0) is 79.6 Å². The van der Waals surface area contributed by atoms with Crippen LogP contribution in [0.4, 0.5) is 11.5 Å². The van der Waals surface area contributed by atoms with Crippen molar-refractivity contribution in [3.05, 3.63) is 84.1 Å². The summed E-state index contributed by atoms with van der Waals surface area (Å²) in [7, 11) is 1.96. The molecule has 4 heterocycles. The van der Waals surface area contributed by atoms with Crippen LogP contribution in [0.15, 0.2) is 73.0 Å². The van der Waals surface area contributed by atoms with E-state index in [1.807, 2.05) is 67.2 Å². The Morgan fingerprint density at radius 2 is 1.90 bits per heavy atom. The number of nitrogens with one attached hydrogen (secondary N) is 1. The summed E-state index contributed by atoms with van der Waals surface area (Å²) >= 11 is 0. The Kier molecular flexibility index (Phi) is 7.03. The molecule has 12 heteroatoms. The number of ether oxygens (including phenoxy) is 1. The van der Waals surface area contributed by atoms with E-state index in [2.05, 4.69) is 20.4 Å². The van der Waals surface area contributed by atoms with Crippen LogP contribution in [0.3, 0.4) is 0 Å². The van der Waals surface area contributed by atoms with Gasteiger partial charge in [0.1, 0.15) is 23.3 Å². The first kappa shape index (κ1) is 26.9. The topological polar surface area (TPSA) is 150 Å². The normalized spacial score (nSPS) is 15.5. The van der Waals surface area contributed by atoms with E-state index in [-0.39, 0.29) is 5.92 Å². The van der Waals surface area contributed by atoms with E-state index in [0.717, 1.165) is 45.5 Å². The first-order valence-electron chi connectivity index (χ1n) is 13.7. The number of anilines is 2. The average molecular weight is 570 g/mol. The lowest BCUT2D eigenvalue weighted by atomic mass is 9.93. The number of hydrogen-bond donors (Lipinski definition) is 4. The number of benzene rings is 2. The molecule has 1 unspecified atom stereocenters. The minimum Gasteiger partial charge on any atom is -0.498 e. The smallest absolute Gasteiger partial charge is 0.324 e. The maximum atomic E-state index is 12.4. The van der Waals surface area contributed by atoms with E-state index in [4.69, 9.17) is 14.9 Å². The second-order valence-corrected chi connectivity index (χ2v) is 10.5. The minimum atomic E-state index is -1.37. The predicted octanol–water partition coefficient (Wildman–Crippen LogP) is 5.40. The highest BCUT2D eigenvalue weighted by Gasteiger charge is 2.27. The largest absolute Gasteiger partial charge is 0.498 e. The summed E-state index contributed by atoms with van der Waals surface area (Å²) in [5.74, 6) is -0.980. The first-order chi connectivity index (χ1) is 20.3. The number of amides is 1. The maximum Gasteiger partial charge on any atom is 0.324 e. The fourth-order valence-electron chi connectivity index (χ4n) is 5.54. The summed E-state index contributed by atoms with van der Waals surface area (Å²) in [4.78, 5) is 22.8. The van der Waals surface area contributed by atoms with Gasteiger partial charge in [-0.3, -0.25) is 4.79 Å². The minimum absolute atomic E-state index is 0.113. The highest BCUT2D eigenvalue weighted by atomic mass is 16.5. The molecular formula is C30H31N7O5. The summed E-state index contributed by atoms with van der Waals surface area (Å²) in [5, 5.41) is 35.7. The van der Waals surface area contributed by atoms with E-state index in [1.165, 1.54) is 11.2 Å². The Hall–Kier alpha value is -5.26. The van der Waals surface area contributed by atoms with Crippen molar-refractivity contribution in [2.24, 2.45) is 7.05 Å². The molecule has 42 heavy (non-hydrogen) atoms. The summed E-state index contributed by atoms with van der Waals surface area (Å²) in [5.41, 5.74) is 5.60. The number of likely N-dealkylation sites (tertiary alicyclic amines) is 1. The van der Waals surface area contributed by atoms with Gasteiger partial charge in [0.05, 0.1) is 17.4 Å². The second kappa shape index (κ2) is 11.0. The average Bonchev–Trinajstić information content (AvgIpc) is 3.49. The van der Waals surface area contributed by atoms with Crippen molar-refractivity contribution in [2.75, 3.05) is 18.4 Å². The third-order valence-corrected chi connectivity index (χ3v) is 7.72. The van der Waals surface area contributed by atoms with E-state index >= 15 is 0 Å². The monoisotopic (exact) mass is 569 g/mol. The zero-order chi connectivity index (χ0) is 29.4. The standard InChI is InChI=1S/C30H31N7O5/c1-18-14-20(5-8-25(18)42-21-6-7-24-23(15-21)32-17-35(24)2)34-28-26-22(10-13-37(26)33-16-31-28)19-4-3-11-36(12-9-19)29(39)27(38)30(40)41/h5-8,10,13-17,19,38,40-41H,3-4,9,11-12H2,1-2H3,(H,31,33,34). The number of hydrogen-bond acceptors (Lipinski definition) is 9. The molecule has 6 rings (SSSR count). The van der Waals surface area contributed by atoms with Gasteiger partial charge in [0.15, 0.2) is 5.82 Å².